The molecule has 98 valence electrons. The highest BCUT2D eigenvalue weighted by molar-refractivity contribution is 7.93. The van der Waals surface area contributed by atoms with Crippen LogP contribution >= 0.6 is 0 Å². The number of fused-ring (bicyclic) bond motifs is 1. The molecule has 18 heavy (non-hydrogen) atoms. The van der Waals surface area contributed by atoms with E-state index in [1.54, 1.807) is 18.2 Å². The molecule has 0 aromatic heterocycles. The second kappa shape index (κ2) is 4.49. The summed E-state index contributed by atoms with van der Waals surface area (Å²) in [5.41, 5.74) is 7.71. The number of hydrogen-bond acceptors (Lipinski definition) is 5. The molecule has 0 aliphatic carbocycles. The van der Waals surface area contributed by atoms with E-state index in [2.05, 4.69) is 4.74 Å². The molecule has 2 rings (SSSR count). The average molecular weight is 270 g/mol. The molecular weight excluding hydrogens is 256 g/mol. The molecule has 0 amide bonds. The van der Waals surface area contributed by atoms with Gasteiger partial charge in [-0.25, -0.2) is 8.42 Å². The number of rotatable bonds is 3. The summed E-state index contributed by atoms with van der Waals surface area (Å²) in [7, 11) is -2.52. The van der Waals surface area contributed by atoms with Crippen molar-refractivity contribution in [2.45, 2.75) is 6.42 Å². The molecule has 0 saturated carbocycles. The Morgan fingerprint density at radius 1 is 1.50 bits per heavy atom. The number of ether oxygens (including phenoxy) is 1. The van der Waals surface area contributed by atoms with Crippen LogP contribution in [0.5, 0.6) is 0 Å². The van der Waals surface area contributed by atoms with E-state index in [1.165, 1.54) is 4.31 Å². The Hall–Kier alpha value is -1.76. The Bertz CT molecular complexity index is 583. The molecule has 2 N–H and O–H groups in total. The predicted octanol–water partition coefficient (Wildman–Crippen LogP) is 0.134. The molecule has 1 heterocycles. The lowest BCUT2D eigenvalue weighted by molar-refractivity contribution is -0.137. The number of carbonyl (C=O) groups excluding carboxylic acids is 1. The first-order valence-electron chi connectivity index (χ1n) is 5.39. The van der Waals surface area contributed by atoms with Crippen molar-refractivity contribution in [2.75, 3.05) is 29.4 Å². The highest BCUT2D eigenvalue weighted by atomic mass is 32.2. The number of anilines is 2. The number of methoxy groups -OCH3 is 1. The van der Waals surface area contributed by atoms with Crippen LogP contribution in [0.4, 0.5) is 11.4 Å². The van der Waals surface area contributed by atoms with Gasteiger partial charge in [0.05, 0.1) is 12.8 Å². The third kappa shape index (κ3) is 2.26. The molecule has 0 fully saturated rings. The Morgan fingerprint density at radius 2 is 2.22 bits per heavy atom. The van der Waals surface area contributed by atoms with Crippen molar-refractivity contribution in [2.24, 2.45) is 0 Å². The van der Waals surface area contributed by atoms with E-state index in [4.69, 9.17) is 5.73 Å². The van der Waals surface area contributed by atoms with Gasteiger partial charge < -0.3 is 10.5 Å². The van der Waals surface area contributed by atoms with E-state index in [9.17, 15) is 13.2 Å². The lowest BCUT2D eigenvalue weighted by Crippen LogP contribution is -2.34. The second-order valence-electron chi connectivity index (χ2n) is 4.04. The van der Waals surface area contributed by atoms with E-state index in [1.807, 2.05) is 0 Å². The van der Waals surface area contributed by atoms with Crippen molar-refractivity contribution < 1.29 is 17.9 Å². The summed E-state index contributed by atoms with van der Waals surface area (Å²) in [5.74, 6) is -1.41. The second-order valence-corrected chi connectivity index (χ2v) is 5.94. The molecule has 0 saturated heterocycles. The number of benzene rings is 1. The Balaban J connectivity index is 2.31. The van der Waals surface area contributed by atoms with Crippen molar-refractivity contribution in [3.05, 3.63) is 23.8 Å². The third-order valence-electron chi connectivity index (χ3n) is 2.82. The number of hydrogen-bond donors (Lipinski definition) is 1. The summed E-state index contributed by atoms with van der Waals surface area (Å²) in [6.07, 6.45) is 0.598. The highest BCUT2D eigenvalue weighted by Crippen LogP contribution is 2.31. The zero-order valence-electron chi connectivity index (χ0n) is 9.92. The monoisotopic (exact) mass is 270 g/mol. The van der Waals surface area contributed by atoms with Crippen LogP contribution in [0.15, 0.2) is 18.2 Å². The average Bonchev–Trinajstić information content (AvgIpc) is 2.71. The van der Waals surface area contributed by atoms with Gasteiger partial charge in [-0.1, -0.05) is 0 Å². The summed E-state index contributed by atoms with van der Waals surface area (Å²) < 4.78 is 29.7. The van der Waals surface area contributed by atoms with E-state index < -0.39 is 21.7 Å². The Labute approximate surface area is 105 Å². The lowest BCUT2D eigenvalue weighted by atomic mass is 10.1. The molecule has 1 aliphatic heterocycles. The zero-order valence-corrected chi connectivity index (χ0v) is 10.7. The number of carbonyl (C=O) groups is 1. The molecule has 1 aromatic carbocycles. The third-order valence-corrected chi connectivity index (χ3v) is 4.47. The molecule has 6 nitrogen and oxygen atoms in total. The maximum absolute atomic E-state index is 12.0. The van der Waals surface area contributed by atoms with Gasteiger partial charge in [0, 0.05) is 12.2 Å². The van der Waals surface area contributed by atoms with Gasteiger partial charge in [0.1, 0.15) is 0 Å². The van der Waals surface area contributed by atoms with Crippen molar-refractivity contribution in [1.82, 2.24) is 0 Å². The van der Waals surface area contributed by atoms with Gasteiger partial charge in [-0.2, -0.15) is 0 Å². The zero-order chi connectivity index (χ0) is 13.3. The molecular formula is C11H14N2O4S. The van der Waals surface area contributed by atoms with Crippen molar-refractivity contribution in [3.63, 3.8) is 0 Å². The number of nitrogens with two attached hydrogens (primary N) is 1. The topological polar surface area (TPSA) is 89.7 Å². The normalized spacial score (nSPS) is 14.4. The van der Waals surface area contributed by atoms with Gasteiger partial charge in [-0.3, -0.25) is 9.10 Å². The van der Waals surface area contributed by atoms with Gasteiger partial charge >= 0.3 is 5.97 Å². The van der Waals surface area contributed by atoms with Crippen LogP contribution in [0.25, 0.3) is 0 Å². The van der Waals surface area contributed by atoms with Crippen LogP contribution in [0, 0.1) is 0 Å². The molecule has 0 unspecified atom stereocenters. The predicted molar refractivity (Wildman–Crippen MR) is 67.7 cm³/mol. The standard InChI is InChI=1S/C11H14N2O4S/c1-17-11(14)7-18(15,16)13-5-4-8-6-9(12)2-3-10(8)13/h2-3,6H,4-5,7,12H2,1H3. The van der Waals surface area contributed by atoms with Crippen LogP contribution in [0.1, 0.15) is 5.56 Å². The SMILES string of the molecule is COC(=O)CS(=O)(=O)N1CCc2cc(N)ccc21. The summed E-state index contributed by atoms with van der Waals surface area (Å²) in [5, 5.41) is 0. The number of nitrogens with zero attached hydrogens (tertiary/aromatic N) is 1. The van der Waals surface area contributed by atoms with Crippen LogP contribution in [0.2, 0.25) is 0 Å². The first kappa shape index (κ1) is 12.7. The maximum atomic E-state index is 12.0. The fourth-order valence-corrected chi connectivity index (χ4v) is 3.38. The van der Waals surface area contributed by atoms with Crippen molar-refractivity contribution >= 4 is 27.4 Å². The summed E-state index contributed by atoms with van der Waals surface area (Å²) >= 11 is 0. The Morgan fingerprint density at radius 3 is 2.89 bits per heavy atom. The molecule has 7 heteroatoms. The molecule has 0 atom stereocenters. The highest BCUT2D eigenvalue weighted by Gasteiger charge is 2.31. The summed E-state index contributed by atoms with van der Waals surface area (Å²) in [6.45, 7) is 0.331. The number of esters is 1. The van der Waals surface area contributed by atoms with Gasteiger partial charge in [0.25, 0.3) is 0 Å². The minimum atomic E-state index is -3.68. The molecule has 0 spiro atoms. The van der Waals surface area contributed by atoms with E-state index in [0.29, 0.717) is 24.3 Å². The summed E-state index contributed by atoms with van der Waals surface area (Å²) in [6, 6.07) is 5.06. The minimum absolute atomic E-state index is 0.331. The van der Waals surface area contributed by atoms with Crippen LogP contribution < -0.4 is 10.0 Å². The minimum Gasteiger partial charge on any atom is -0.468 e. The smallest absolute Gasteiger partial charge is 0.322 e. The van der Waals surface area contributed by atoms with E-state index in [-0.39, 0.29) is 0 Å². The fraction of sp³-hybridized carbons (Fsp3) is 0.364. The molecule has 0 radical (unpaired) electrons. The largest absolute Gasteiger partial charge is 0.468 e. The number of nitrogen functional groups attached to an aromatic ring is 1. The summed E-state index contributed by atoms with van der Waals surface area (Å²) in [4.78, 5) is 11.1. The van der Waals surface area contributed by atoms with E-state index >= 15 is 0 Å². The molecule has 0 bridgehead atoms. The van der Waals surface area contributed by atoms with Crippen LogP contribution in [-0.4, -0.2) is 33.8 Å². The first-order valence-corrected chi connectivity index (χ1v) is 7.00. The van der Waals surface area contributed by atoms with E-state index in [0.717, 1.165) is 12.7 Å². The quantitative estimate of drug-likeness (QED) is 0.623. The molecule has 1 aromatic rings. The lowest BCUT2D eigenvalue weighted by Gasteiger charge is -2.18. The van der Waals surface area contributed by atoms with Gasteiger partial charge in [-0.15, -0.1) is 0 Å². The first-order chi connectivity index (χ1) is 8.44. The van der Waals surface area contributed by atoms with Gasteiger partial charge in [-0.05, 0) is 30.2 Å². The van der Waals surface area contributed by atoms with Crippen molar-refractivity contribution in [3.8, 4) is 0 Å². The molecule has 1 aliphatic rings. The maximum Gasteiger partial charge on any atom is 0.322 e. The van der Waals surface area contributed by atoms with Crippen LogP contribution in [0.3, 0.4) is 0 Å². The van der Waals surface area contributed by atoms with Crippen LogP contribution in [-0.2, 0) is 26.0 Å². The van der Waals surface area contributed by atoms with Gasteiger partial charge in [0.15, 0.2) is 5.75 Å². The Kier molecular flexibility index (Phi) is 3.16. The number of sulfonamides is 1. The fourth-order valence-electron chi connectivity index (χ4n) is 1.97. The van der Waals surface area contributed by atoms with Crippen molar-refractivity contribution in [1.29, 1.82) is 0 Å². The van der Waals surface area contributed by atoms with Gasteiger partial charge in [0.2, 0.25) is 10.0 Å².